The van der Waals surface area contributed by atoms with Gasteiger partial charge in [0.05, 0.1) is 11.0 Å². The summed E-state index contributed by atoms with van der Waals surface area (Å²) in [6, 6.07) is 23.9. The van der Waals surface area contributed by atoms with Gasteiger partial charge in [-0.3, -0.25) is 0 Å². The lowest BCUT2D eigenvalue weighted by molar-refractivity contribution is 0.475. The van der Waals surface area contributed by atoms with E-state index in [1.165, 1.54) is 0 Å². The number of hydrogen-bond donors (Lipinski definition) is 1. The molecule has 0 radical (unpaired) electrons. The number of aromatic nitrogens is 2. The molecule has 132 valence electrons. The second kappa shape index (κ2) is 7.87. The van der Waals surface area contributed by atoms with Crippen molar-refractivity contribution in [2.45, 2.75) is 27.3 Å². The van der Waals surface area contributed by atoms with Crippen molar-refractivity contribution < 1.29 is 5.11 Å². The van der Waals surface area contributed by atoms with Gasteiger partial charge in [-0.25, -0.2) is 4.98 Å². The number of phenols is 1. The molecule has 0 aliphatic heterocycles. The van der Waals surface area contributed by atoms with Crippen molar-refractivity contribution in [1.29, 1.82) is 0 Å². The third-order valence-corrected chi connectivity index (χ3v) is 4.31. The van der Waals surface area contributed by atoms with Gasteiger partial charge in [-0.2, -0.15) is 0 Å². The molecule has 3 nitrogen and oxygen atoms in total. The normalized spacial score (nSPS) is 10.4. The molecule has 0 atom stereocenters. The predicted octanol–water partition coefficient (Wildman–Crippen LogP) is 6.12. The Bertz CT molecular complexity index is 983. The van der Waals surface area contributed by atoms with Crippen molar-refractivity contribution in [1.82, 2.24) is 9.55 Å². The van der Waals surface area contributed by atoms with E-state index < -0.39 is 0 Å². The van der Waals surface area contributed by atoms with Gasteiger partial charge < -0.3 is 9.67 Å². The maximum absolute atomic E-state index is 9.41. The first-order valence-electron chi connectivity index (χ1n) is 9.11. The minimum absolute atomic E-state index is 0.284. The number of nitrogens with zero attached hydrogens (tertiary/aromatic N) is 2. The highest BCUT2D eigenvalue weighted by Crippen LogP contribution is 2.28. The number of para-hydroxylation sites is 2. The maximum Gasteiger partial charge on any atom is 0.141 e. The van der Waals surface area contributed by atoms with Crippen LogP contribution in [0.25, 0.3) is 33.5 Å². The summed E-state index contributed by atoms with van der Waals surface area (Å²) in [6.45, 7) is 7.03. The van der Waals surface area contributed by atoms with E-state index in [1.807, 2.05) is 38.1 Å². The Labute approximate surface area is 154 Å². The molecule has 1 aromatic heterocycles. The quantitative estimate of drug-likeness (QED) is 0.486. The topological polar surface area (TPSA) is 38.0 Å². The molecule has 0 saturated heterocycles. The van der Waals surface area contributed by atoms with E-state index in [0.29, 0.717) is 0 Å². The maximum atomic E-state index is 9.41. The fourth-order valence-corrected chi connectivity index (χ4v) is 3.08. The zero-order valence-electron chi connectivity index (χ0n) is 15.5. The molecule has 0 aliphatic rings. The van der Waals surface area contributed by atoms with Crippen LogP contribution in [0, 0.1) is 0 Å². The van der Waals surface area contributed by atoms with Crippen molar-refractivity contribution >= 4 is 11.0 Å². The molecule has 0 saturated carbocycles. The fraction of sp³-hybridized carbons (Fsp3) is 0.174. The zero-order valence-corrected chi connectivity index (χ0v) is 15.5. The van der Waals surface area contributed by atoms with Gasteiger partial charge in [0.25, 0.3) is 0 Å². The molecule has 0 unspecified atom stereocenters. The van der Waals surface area contributed by atoms with E-state index in [2.05, 4.69) is 47.9 Å². The Morgan fingerprint density at radius 1 is 0.769 bits per heavy atom. The molecule has 3 heteroatoms. The van der Waals surface area contributed by atoms with Gasteiger partial charge >= 0.3 is 0 Å². The van der Waals surface area contributed by atoms with E-state index in [4.69, 9.17) is 4.98 Å². The van der Waals surface area contributed by atoms with Crippen LogP contribution in [0.4, 0.5) is 0 Å². The summed E-state index contributed by atoms with van der Waals surface area (Å²) in [5.41, 5.74) is 5.51. The predicted molar refractivity (Wildman–Crippen MR) is 109 cm³/mol. The second-order valence-corrected chi connectivity index (χ2v) is 5.79. The Morgan fingerprint density at radius 3 is 1.92 bits per heavy atom. The van der Waals surface area contributed by atoms with Crippen molar-refractivity contribution in [3.8, 4) is 28.3 Å². The molecule has 0 amide bonds. The number of aryl methyl sites for hydroxylation is 1. The van der Waals surface area contributed by atoms with Crippen molar-refractivity contribution in [2.24, 2.45) is 0 Å². The van der Waals surface area contributed by atoms with Gasteiger partial charge in [0.15, 0.2) is 0 Å². The Balaban J connectivity index is 0.000000948. The summed E-state index contributed by atoms with van der Waals surface area (Å²) in [6.07, 6.45) is 0. The molecular weight excluding hydrogens is 320 g/mol. The van der Waals surface area contributed by atoms with E-state index in [0.717, 1.165) is 40.1 Å². The van der Waals surface area contributed by atoms with Gasteiger partial charge in [-0.1, -0.05) is 62.4 Å². The molecule has 0 bridgehead atoms. The molecule has 1 heterocycles. The Kier molecular flexibility index (Phi) is 5.37. The largest absolute Gasteiger partial charge is 0.508 e. The van der Waals surface area contributed by atoms with Gasteiger partial charge in [-0.05, 0) is 42.3 Å². The standard InChI is InChI=1S/C21H18N2O.C2H6/c1-2-23-20-6-4-3-5-19(20)22-21(23)17-9-7-15(8-10-17)16-11-13-18(24)14-12-16;1-2/h3-14,24H,2H2,1H3;1-2H3. The SMILES string of the molecule is CC.CCn1c(-c2ccc(-c3ccc(O)cc3)cc2)nc2ccccc21. The van der Waals surface area contributed by atoms with Crippen LogP contribution in [-0.2, 0) is 6.54 Å². The van der Waals surface area contributed by atoms with Gasteiger partial charge in [0, 0.05) is 12.1 Å². The molecule has 26 heavy (non-hydrogen) atoms. The van der Waals surface area contributed by atoms with Gasteiger partial charge in [0.2, 0.25) is 0 Å². The van der Waals surface area contributed by atoms with Crippen LogP contribution < -0.4 is 0 Å². The average molecular weight is 344 g/mol. The van der Waals surface area contributed by atoms with Crippen LogP contribution in [-0.4, -0.2) is 14.7 Å². The summed E-state index contributed by atoms with van der Waals surface area (Å²) in [4.78, 5) is 4.80. The molecule has 0 aliphatic carbocycles. The molecular formula is C23H24N2O. The molecule has 1 N–H and O–H groups in total. The first kappa shape index (κ1) is 17.7. The van der Waals surface area contributed by atoms with Crippen LogP contribution in [0.2, 0.25) is 0 Å². The first-order chi connectivity index (χ1) is 12.8. The Morgan fingerprint density at radius 2 is 1.31 bits per heavy atom. The van der Waals surface area contributed by atoms with E-state index >= 15 is 0 Å². The van der Waals surface area contributed by atoms with Crippen molar-refractivity contribution in [3.63, 3.8) is 0 Å². The fourth-order valence-electron chi connectivity index (χ4n) is 3.08. The van der Waals surface area contributed by atoms with Crippen LogP contribution in [0.15, 0.2) is 72.8 Å². The monoisotopic (exact) mass is 344 g/mol. The number of imidazole rings is 1. The summed E-state index contributed by atoms with van der Waals surface area (Å²) in [5.74, 6) is 1.28. The lowest BCUT2D eigenvalue weighted by atomic mass is 10.0. The van der Waals surface area contributed by atoms with E-state index in [1.54, 1.807) is 12.1 Å². The minimum atomic E-state index is 0.284. The minimum Gasteiger partial charge on any atom is -0.508 e. The molecule has 0 fully saturated rings. The first-order valence-corrected chi connectivity index (χ1v) is 9.11. The van der Waals surface area contributed by atoms with Crippen LogP contribution in [0.1, 0.15) is 20.8 Å². The second-order valence-electron chi connectivity index (χ2n) is 5.79. The number of fused-ring (bicyclic) bond motifs is 1. The van der Waals surface area contributed by atoms with Gasteiger partial charge in [-0.15, -0.1) is 0 Å². The highest BCUT2D eigenvalue weighted by Gasteiger charge is 2.11. The number of benzene rings is 3. The summed E-state index contributed by atoms with van der Waals surface area (Å²) in [5, 5.41) is 9.41. The number of aromatic hydroxyl groups is 1. The van der Waals surface area contributed by atoms with Gasteiger partial charge in [0.1, 0.15) is 11.6 Å². The highest BCUT2D eigenvalue weighted by atomic mass is 16.3. The van der Waals surface area contributed by atoms with Crippen LogP contribution in [0.5, 0.6) is 5.75 Å². The highest BCUT2D eigenvalue weighted by molar-refractivity contribution is 5.81. The molecule has 4 rings (SSSR count). The smallest absolute Gasteiger partial charge is 0.141 e. The lowest BCUT2D eigenvalue weighted by Crippen LogP contribution is -1.97. The van der Waals surface area contributed by atoms with Crippen molar-refractivity contribution in [2.75, 3.05) is 0 Å². The average Bonchev–Trinajstić information content (AvgIpc) is 3.09. The summed E-state index contributed by atoms with van der Waals surface area (Å²) >= 11 is 0. The van der Waals surface area contributed by atoms with Crippen molar-refractivity contribution in [3.05, 3.63) is 72.8 Å². The lowest BCUT2D eigenvalue weighted by Gasteiger charge is -2.07. The summed E-state index contributed by atoms with van der Waals surface area (Å²) in [7, 11) is 0. The molecule has 0 spiro atoms. The number of phenolic OH excluding ortho intramolecular Hbond substituents is 1. The zero-order chi connectivity index (χ0) is 18.5. The Hall–Kier alpha value is -3.07. The van der Waals surface area contributed by atoms with Crippen LogP contribution >= 0.6 is 0 Å². The molecule has 4 aromatic rings. The van der Waals surface area contributed by atoms with Crippen LogP contribution in [0.3, 0.4) is 0 Å². The third kappa shape index (κ3) is 3.33. The van der Waals surface area contributed by atoms with E-state index in [-0.39, 0.29) is 5.75 Å². The number of hydrogen-bond acceptors (Lipinski definition) is 2. The third-order valence-electron chi connectivity index (χ3n) is 4.31. The number of rotatable bonds is 3. The van der Waals surface area contributed by atoms with E-state index in [9.17, 15) is 5.11 Å². The molecule has 3 aromatic carbocycles. The summed E-state index contributed by atoms with van der Waals surface area (Å²) < 4.78 is 2.24.